The molecule has 0 fully saturated rings. The highest BCUT2D eigenvalue weighted by Gasteiger charge is 2.26. The number of amides is 2. The van der Waals surface area contributed by atoms with Crippen LogP contribution < -0.4 is 0 Å². The first-order chi connectivity index (χ1) is 6.82. The topological polar surface area (TPSA) is 40.6 Å². The molecular formula is C11H22N2O2. The second kappa shape index (κ2) is 5.73. The minimum absolute atomic E-state index is 0.00500. The van der Waals surface area contributed by atoms with Crippen molar-refractivity contribution in [3.63, 3.8) is 0 Å². The summed E-state index contributed by atoms with van der Waals surface area (Å²) in [6, 6.07) is -0.0905. The fourth-order valence-corrected chi connectivity index (χ4v) is 1.59. The molecule has 1 unspecified atom stereocenters. The molecule has 0 saturated heterocycles. The molecule has 0 aromatic rings. The van der Waals surface area contributed by atoms with E-state index in [0.717, 1.165) is 0 Å². The molecule has 0 aliphatic carbocycles. The molecular weight excluding hydrogens is 192 g/mol. The SMILES string of the molecule is CC(C(=O)N(C(C)C)C(C)C)N(C)C=O. The van der Waals surface area contributed by atoms with E-state index in [1.54, 1.807) is 18.9 Å². The first kappa shape index (κ1) is 13.9. The van der Waals surface area contributed by atoms with E-state index in [0.29, 0.717) is 6.41 Å². The Labute approximate surface area is 92.2 Å². The van der Waals surface area contributed by atoms with Crippen molar-refractivity contribution in [2.45, 2.75) is 52.7 Å². The van der Waals surface area contributed by atoms with E-state index >= 15 is 0 Å². The highest BCUT2D eigenvalue weighted by atomic mass is 16.2. The van der Waals surface area contributed by atoms with E-state index in [2.05, 4.69) is 0 Å². The Hall–Kier alpha value is -1.06. The zero-order valence-corrected chi connectivity index (χ0v) is 10.5. The highest BCUT2D eigenvalue weighted by molar-refractivity contribution is 5.83. The maximum absolute atomic E-state index is 12.1. The third-order valence-corrected chi connectivity index (χ3v) is 2.50. The van der Waals surface area contributed by atoms with Crippen LogP contribution in [0.3, 0.4) is 0 Å². The number of hydrogen-bond acceptors (Lipinski definition) is 2. The molecule has 1 atom stereocenters. The normalized spacial score (nSPS) is 12.8. The molecule has 0 spiro atoms. The summed E-state index contributed by atoms with van der Waals surface area (Å²) < 4.78 is 0. The number of nitrogens with zero attached hydrogens (tertiary/aromatic N) is 2. The number of hydrogen-bond donors (Lipinski definition) is 0. The van der Waals surface area contributed by atoms with Crippen LogP contribution in [0.25, 0.3) is 0 Å². The Morgan fingerprint density at radius 3 is 1.73 bits per heavy atom. The average Bonchev–Trinajstić information content (AvgIpc) is 2.14. The lowest BCUT2D eigenvalue weighted by Gasteiger charge is -2.34. The summed E-state index contributed by atoms with van der Waals surface area (Å²) in [5, 5.41) is 0. The van der Waals surface area contributed by atoms with E-state index in [1.807, 2.05) is 27.7 Å². The maximum Gasteiger partial charge on any atom is 0.245 e. The standard InChI is InChI=1S/C11H22N2O2/c1-8(2)13(9(3)4)11(15)10(5)12(6)7-14/h7-10H,1-6H3. The number of carbonyl (C=O) groups is 2. The van der Waals surface area contributed by atoms with E-state index in [4.69, 9.17) is 0 Å². The van der Waals surface area contributed by atoms with Gasteiger partial charge < -0.3 is 9.80 Å². The summed E-state index contributed by atoms with van der Waals surface area (Å²) in [6.45, 7) is 9.66. The first-order valence-electron chi connectivity index (χ1n) is 5.32. The van der Waals surface area contributed by atoms with Gasteiger partial charge >= 0.3 is 0 Å². The molecule has 0 bridgehead atoms. The minimum Gasteiger partial charge on any atom is -0.337 e. The molecule has 0 aromatic carbocycles. The Kier molecular flexibility index (Phi) is 5.33. The van der Waals surface area contributed by atoms with Crippen molar-refractivity contribution >= 4 is 12.3 Å². The molecule has 4 nitrogen and oxygen atoms in total. The van der Waals surface area contributed by atoms with Crippen molar-refractivity contribution in [2.24, 2.45) is 0 Å². The maximum atomic E-state index is 12.1. The monoisotopic (exact) mass is 214 g/mol. The Morgan fingerprint density at radius 1 is 1.07 bits per heavy atom. The van der Waals surface area contributed by atoms with Crippen LogP contribution in [0.1, 0.15) is 34.6 Å². The van der Waals surface area contributed by atoms with E-state index < -0.39 is 6.04 Å². The van der Waals surface area contributed by atoms with Crippen molar-refractivity contribution < 1.29 is 9.59 Å². The number of likely N-dealkylation sites (N-methyl/N-ethyl adjacent to an activating group) is 1. The molecule has 4 heteroatoms. The number of rotatable bonds is 5. The Morgan fingerprint density at radius 2 is 1.47 bits per heavy atom. The molecule has 0 rings (SSSR count). The molecule has 2 amide bonds. The van der Waals surface area contributed by atoms with Crippen molar-refractivity contribution in [1.82, 2.24) is 9.80 Å². The van der Waals surface area contributed by atoms with Crippen LogP contribution >= 0.6 is 0 Å². The van der Waals surface area contributed by atoms with Gasteiger partial charge in [-0.1, -0.05) is 0 Å². The lowest BCUT2D eigenvalue weighted by Crippen LogP contribution is -2.50. The summed E-state index contributed by atoms with van der Waals surface area (Å²) in [7, 11) is 1.62. The lowest BCUT2D eigenvalue weighted by atomic mass is 10.1. The molecule has 0 heterocycles. The Balaban J connectivity index is 4.71. The summed E-state index contributed by atoms with van der Waals surface area (Å²) in [6.07, 6.45) is 0.682. The molecule has 0 saturated carbocycles. The van der Waals surface area contributed by atoms with Gasteiger partial charge in [-0.3, -0.25) is 9.59 Å². The van der Waals surface area contributed by atoms with Gasteiger partial charge in [-0.15, -0.1) is 0 Å². The summed E-state index contributed by atoms with van der Waals surface area (Å²) in [5.41, 5.74) is 0. The molecule has 0 radical (unpaired) electrons. The largest absolute Gasteiger partial charge is 0.337 e. The second-order valence-corrected chi connectivity index (χ2v) is 4.38. The fourth-order valence-electron chi connectivity index (χ4n) is 1.59. The van der Waals surface area contributed by atoms with Crippen LogP contribution in [0, 0.1) is 0 Å². The minimum atomic E-state index is -0.396. The van der Waals surface area contributed by atoms with Crippen LogP contribution in [0.2, 0.25) is 0 Å². The lowest BCUT2D eigenvalue weighted by molar-refractivity contribution is -0.142. The molecule has 0 aliphatic heterocycles. The highest BCUT2D eigenvalue weighted by Crippen LogP contribution is 2.09. The van der Waals surface area contributed by atoms with Crippen LogP contribution in [-0.2, 0) is 9.59 Å². The van der Waals surface area contributed by atoms with Gasteiger partial charge in [0.15, 0.2) is 0 Å². The van der Waals surface area contributed by atoms with Crippen LogP contribution in [0.5, 0.6) is 0 Å². The van der Waals surface area contributed by atoms with Crippen LogP contribution in [0.15, 0.2) is 0 Å². The first-order valence-corrected chi connectivity index (χ1v) is 5.32. The van der Waals surface area contributed by atoms with Crippen molar-refractivity contribution in [3.8, 4) is 0 Å². The van der Waals surface area contributed by atoms with Gasteiger partial charge in [-0.05, 0) is 34.6 Å². The van der Waals surface area contributed by atoms with Crippen LogP contribution in [0.4, 0.5) is 0 Å². The predicted octanol–water partition coefficient (Wildman–Crippen LogP) is 1.11. The molecule has 0 aliphatic rings. The molecule has 0 aromatic heterocycles. The van der Waals surface area contributed by atoms with Gasteiger partial charge in [0.2, 0.25) is 12.3 Å². The predicted molar refractivity (Wildman–Crippen MR) is 60.4 cm³/mol. The van der Waals surface area contributed by atoms with Crippen molar-refractivity contribution in [3.05, 3.63) is 0 Å². The Bertz CT molecular complexity index is 219. The third-order valence-electron chi connectivity index (χ3n) is 2.50. The van der Waals surface area contributed by atoms with Crippen LogP contribution in [-0.4, -0.2) is 47.3 Å². The quantitative estimate of drug-likeness (QED) is 0.643. The van der Waals surface area contributed by atoms with Gasteiger partial charge in [-0.2, -0.15) is 0 Å². The summed E-state index contributed by atoms with van der Waals surface area (Å²) in [4.78, 5) is 25.8. The fraction of sp³-hybridized carbons (Fsp3) is 0.818. The van der Waals surface area contributed by atoms with Crippen molar-refractivity contribution in [1.29, 1.82) is 0 Å². The second-order valence-electron chi connectivity index (χ2n) is 4.38. The summed E-state index contributed by atoms with van der Waals surface area (Å²) >= 11 is 0. The van der Waals surface area contributed by atoms with Gasteiger partial charge in [0, 0.05) is 19.1 Å². The number of carbonyl (C=O) groups excluding carboxylic acids is 2. The molecule has 0 N–H and O–H groups in total. The van der Waals surface area contributed by atoms with E-state index in [1.165, 1.54) is 4.90 Å². The average molecular weight is 214 g/mol. The van der Waals surface area contributed by atoms with Gasteiger partial charge in [0.25, 0.3) is 0 Å². The van der Waals surface area contributed by atoms with E-state index in [-0.39, 0.29) is 18.0 Å². The van der Waals surface area contributed by atoms with E-state index in [9.17, 15) is 9.59 Å². The zero-order chi connectivity index (χ0) is 12.2. The zero-order valence-electron chi connectivity index (χ0n) is 10.5. The van der Waals surface area contributed by atoms with Gasteiger partial charge in [0.1, 0.15) is 6.04 Å². The van der Waals surface area contributed by atoms with Crippen molar-refractivity contribution in [2.75, 3.05) is 7.05 Å². The van der Waals surface area contributed by atoms with Gasteiger partial charge in [-0.25, -0.2) is 0 Å². The van der Waals surface area contributed by atoms with Gasteiger partial charge in [0.05, 0.1) is 0 Å². The molecule has 88 valence electrons. The molecule has 15 heavy (non-hydrogen) atoms. The summed E-state index contributed by atoms with van der Waals surface area (Å²) in [5.74, 6) is -0.00500. The smallest absolute Gasteiger partial charge is 0.245 e. The third kappa shape index (κ3) is 3.53.